The fraction of sp³-hybridized carbons (Fsp3) is 0.296. The maximum Gasteiger partial charge on any atom is 0.295 e. The van der Waals surface area contributed by atoms with Gasteiger partial charge in [0, 0.05) is 11.1 Å². The van der Waals surface area contributed by atoms with Gasteiger partial charge in [-0.05, 0) is 110 Å². The average Bonchev–Trinajstić information content (AvgIpc) is 2.81. The van der Waals surface area contributed by atoms with E-state index in [4.69, 9.17) is 0 Å². The Morgan fingerprint density at radius 2 is 1.63 bits per heavy atom. The fourth-order valence-electron chi connectivity index (χ4n) is 4.33. The number of halogens is 2. The molecule has 0 aliphatic heterocycles. The molecular formula is C27H28Br2O5S. The number of hydrogen-bond donors (Lipinski definition) is 2. The number of phenols is 1. The fourth-order valence-corrected chi connectivity index (χ4v) is 5.97. The standard InChI is InChI=1S/C27H28Br2O5S/c1-5-9-17-13-20(15(3)24(28)26(17)30)23(19-11-7-8-12-22(19)35(32,33)34)21-14-18(10-6-2)27(31)25(29)16(21)4/h7-8,11-14,30H,5-6,9-10H2,1-4H3,(H,32,33,34)/b23-21+. The van der Waals surface area contributed by atoms with E-state index in [0.29, 0.717) is 66.3 Å². The van der Waals surface area contributed by atoms with Crippen molar-refractivity contribution in [2.75, 3.05) is 0 Å². The normalized spacial score (nSPS) is 16.0. The summed E-state index contributed by atoms with van der Waals surface area (Å²) < 4.78 is 35.8. The van der Waals surface area contributed by atoms with Crippen LogP contribution >= 0.6 is 31.9 Å². The lowest BCUT2D eigenvalue weighted by atomic mass is 9.82. The molecule has 0 aromatic heterocycles. The SMILES string of the molecule is CCCC1=C/C(=C(/c2ccccc2S(=O)(=O)O)c2cc(CCC)c(O)c(Br)c2C)C(C)=C(Br)C1=O. The van der Waals surface area contributed by atoms with Crippen molar-refractivity contribution in [1.82, 2.24) is 0 Å². The lowest BCUT2D eigenvalue weighted by Crippen LogP contribution is -2.13. The maximum absolute atomic E-state index is 12.9. The van der Waals surface area contributed by atoms with E-state index in [9.17, 15) is 22.9 Å². The highest BCUT2D eigenvalue weighted by Crippen LogP contribution is 2.44. The van der Waals surface area contributed by atoms with E-state index in [0.717, 1.165) is 12.8 Å². The predicted molar refractivity (Wildman–Crippen MR) is 146 cm³/mol. The van der Waals surface area contributed by atoms with E-state index in [2.05, 4.69) is 31.9 Å². The van der Waals surface area contributed by atoms with Crippen molar-refractivity contribution >= 4 is 53.3 Å². The number of carbonyl (C=O) groups excluding carboxylic acids is 1. The average molecular weight is 624 g/mol. The summed E-state index contributed by atoms with van der Waals surface area (Å²) >= 11 is 6.98. The van der Waals surface area contributed by atoms with Crippen LogP contribution in [-0.2, 0) is 21.3 Å². The molecular weight excluding hydrogens is 596 g/mol. The first-order valence-corrected chi connectivity index (χ1v) is 14.4. The van der Waals surface area contributed by atoms with Gasteiger partial charge in [-0.2, -0.15) is 8.42 Å². The highest BCUT2D eigenvalue weighted by Gasteiger charge is 2.29. The molecule has 1 aliphatic rings. The van der Waals surface area contributed by atoms with Crippen molar-refractivity contribution < 1.29 is 22.9 Å². The quantitative estimate of drug-likeness (QED) is 0.313. The number of aryl methyl sites for hydroxylation is 1. The molecule has 0 bridgehead atoms. The van der Waals surface area contributed by atoms with Crippen molar-refractivity contribution in [3.63, 3.8) is 0 Å². The first-order chi connectivity index (χ1) is 16.4. The molecule has 0 atom stereocenters. The molecule has 0 radical (unpaired) electrons. The Morgan fingerprint density at radius 3 is 2.23 bits per heavy atom. The maximum atomic E-state index is 12.9. The Bertz CT molecular complexity index is 1400. The van der Waals surface area contributed by atoms with Crippen LogP contribution in [-0.4, -0.2) is 23.9 Å². The number of Topliss-reactive ketones (excluding diaryl/α,β-unsaturated/α-hetero) is 1. The number of benzene rings is 2. The number of rotatable bonds is 7. The van der Waals surface area contributed by atoms with E-state index in [1.165, 1.54) is 6.07 Å². The molecule has 3 rings (SSSR count). The minimum Gasteiger partial charge on any atom is -0.506 e. The summed E-state index contributed by atoms with van der Waals surface area (Å²) in [5.41, 5.74) is 4.96. The van der Waals surface area contributed by atoms with Gasteiger partial charge in [0.2, 0.25) is 0 Å². The molecule has 0 spiro atoms. The Morgan fingerprint density at radius 1 is 1.00 bits per heavy atom. The second kappa shape index (κ2) is 10.9. The van der Waals surface area contributed by atoms with Gasteiger partial charge in [0.15, 0.2) is 5.78 Å². The summed E-state index contributed by atoms with van der Waals surface area (Å²) in [5.74, 6) is 0.0563. The van der Waals surface area contributed by atoms with Crippen LogP contribution in [0.2, 0.25) is 0 Å². The third-order valence-electron chi connectivity index (χ3n) is 6.12. The van der Waals surface area contributed by atoms with E-state index in [-0.39, 0.29) is 16.4 Å². The molecule has 0 fully saturated rings. The van der Waals surface area contributed by atoms with Crippen molar-refractivity contribution in [1.29, 1.82) is 0 Å². The van der Waals surface area contributed by atoms with Crippen LogP contribution in [0.15, 0.2) is 67.0 Å². The molecule has 0 saturated carbocycles. The summed E-state index contributed by atoms with van der Waals surface area (Å²) in [7, 11) is -4.55. The highest BCUT2D eigenvalue weighted by molar-refractivity contribution is 9.12. The first-order valence-electron chi connectivity index (χ1n) is 11.4. The van der Waals surface area contributed by atoms with E-state index in [1.807, 2.05) is 39.8 Å². The van der Waals surface area contributed by atoms with Crippen molar-refractivity contribution in [2.24, 2.45) is 0 Å². The van der Waals surface area contributed by atoms with Gasteiger partial charge >= 0.3 is 0 Å². The second-order valence-corrected chi connectivity index (χ2v) is 11.5. The van der Waals surface area contributed by atoms with Gasteiger partial charge in [0.1, 0.15) is 10.6 Å². The lowest BCUT2D eigenvalue weighted by Gasteiger charge is -2.24. The second-order valence-electron chi connectivity index (χ2n) is 8.57. The summed E-state index contributed by atoms with van der Waals surface area (Å²) in [6, 6.07) is 8.14. The van der Waals surface area contributed by atoms with Crippen LogP contribution < -0.4 is 0 Å². The minimum absolute atomic E-state index is 0.0919. The molecule has 186 valence electrons. The molecule has 2 N–H and O–H groups in total. The lowest BCUT2D eigenvalue weighted by molar-refractivity contribution is -0.111. The van der Waals surface area contributed by atoms with Crippen LogP contribution in [0.1, 0.15) is 62.3 Å². The van der Waals surface area contributed by atoms with E-state index >= 15 is 0 Å². The molecule has 2 aromatic carbocycles. The predicted octanol–water partition coefficient (Wildman–Crippen LogP) is 7.44. The molecule has 2 aromatic rings. The van der Waals surface area contributed by atoms with Crippen LogP contribution in [0, 0.1) is 6.92 Å². The smallest absolute Gasteiger partial charge is 0.295 e. The van der Waals surface area contributed by atoms with Gasteiger partial charge in [-0.25, -0.2) is 0 Å². The molecule has 1 aliphatic carbocycles. The van der Waals surface area contributed by atoms with Gasteiger partial charge in [-0.1, -0.05) is 44.9 Å². The molecule has 0 unspecified atom stereocenters. The Balaban J connectivity index is 2.58. The van der Waals surface area contributed by atoms with Gasteiger partial charge in [-0.3, -0.25) is 9.35 Å². The molecule has 0 saturated heterocycles. The zero-order valence-corrected chi connectivity index (χ0v) is 24.1. The highest BCUT2D eigenvalue weighted by atomic mass is 79.9. The van der Waals surface area contributed by atoms with Crippen LogP contribution in [0.4, 0.5) is 0 Å². The Labute approximate surface area is 223 Å². The molecule has 0 amide bonds. The summed E-state index contributed by atoms with van der Waals surface area (Å²) in [6.07, 6.45) is 4.58. The summed E-state index contributed by atoms with van der Waals surface area (Å²) in [6.45, 7) is 7.65. The number of hydrogen-bond acceptors (Lipinski definition) is 4. The number of carbonyl (C=O) groups is 1. The Hall–Kier alpha value is -2.00. The minimum atomic E-state index is -4.55. The number of aromatic hydroxyl groups is 1. The van der Waals surface area contributed by atoms with Gasteiger partial charge < -0.3 is 5.11 Å². The van der Waals surface area contributed by atoms with Crippen molar-refractivity contribution in [2.45, 2.75) is 58.3 Å². The summed E-state index contributed by atoms with van der Waals surface area (Å²) in [4.78, 5) is 12.7. The topological polar surface area (TPSA) is 91.7 Å². The van der Waals surface area contributed by atoms with Gasteiger partial charge in [0.05, 0.1) is 8.96 Å². The van der Waals surface area contributed by atoms with Gasteiger partial charge in [0.25, 0.3) is 10.1 Å². The number of allylic oxidation sites excluding steroid dienone is 5. The van der Waals surface area contributed by atoms with Crippen molar-refractivity contribution in [3.8, 4) is 5.75 Å². The van der Waals surface area contributed by atoms with Crippen LogP contribution in [0.3, 0.4) is 0 Å². The molecule has 5 nitrogen and oxygen atoms in total. The monoisotopic (exact) mass is 622 g/mol. The number of phenolic OH excluding ortho intramolecular Hbond substituents is 1. The Kier molecular flexibility index (Phi) is 8.63. The first kappa shape index (κ1) is 27.6. The third-order valence-corrected chi connectivity index (χ3v) is 8.96. The number of ketones is 1. The zero-order valence-electron chi connectivity index (χ0n) is 20.1. The summed E-state index contributed by atoms with van der Waals surface area (Å²) in [5, 5.41) is 10.7. The van der Waals surface area contributed by atoms with E-state index < -0.39 is 10.1 Å². The zero-order chi connectivity index (χ0) is 26.1. The third kappa shape index (κ3) is 5.40. The molecule has 35 heavy (non-hydrogen) atoms. The molecule has 8 heteroatoms. The van der Waals surface area contributed by atoms with Gasteiger partial charge in [-0.15, -0.1) is 0 Å². The molecule has 0 heterocycles. The van der Waals surface area contributed by atoms with Crippen molar-refractivity contribution in [3.05, 3.63) is 84.3 Å². The van der Waals surface area contributed by atoms with Crippen LogP contribution in [0.25, 0.3) is 5.57 Å². The van der Waals surface area contributed by atoms with Crippen LogP contribution in [0.5, 0.6) is 5.75 Å². The largest absolute Gasteiger partial charge is 0.506 e. The van der Waals surface area contributed by atoms with E-state index in [1.54, 1.807) is 18.2 Å².